The predicted octanol–water partition coefficient (Wildman–Crippen LogP) is 2.22. The van der Waals surface area contributed by atoms with Crippen LogP contribution in [-0.2, 0) is 0 Å². The van der Waals surface area contributed by atoms with Crippen LogP contribution < -0.4 is 11.1 Å². The number of carbonyl (C=O) groups is 1. The first-order valence-corrected chi connectivity index (χ1v) is 5.25. The molecule has 0 fully saturated rings. The molecular formula is C13H13N3O. The second kappa shape index (κ2) is 4.65. The molecule has 0 aliphatic heterocycles. The van der Waals surface area contributed by atoms with Crippen molar-refractivity contribution in [2.75, 3.05) is 11.1 Å². The molecule has 1 aromatic carbocycles. The van der Waals surface area contributed by atoms with Crippen LogP contribution in [0.25, 0.3) is 0 Å². The van der Waals surface area contributed by atoms with Crippen LogP contribution in [0, 0.1) is 6.92 Å². The van der Waals surface area contributed by atoms with Gasteiger partial charge >= 0.3 is 0 Å². The Kier molecular flexibility index (Phi) is 3.05. The van der Waals surface area contributed by atoms with E-state index in [9.17, 15) is 4.79 Å². The van der Waals surface area contributed by atoms with Crippen molar-refractivity contribution in [1.82, 2.24) is 4.98 Å². The molecule has 0 aliphatic carbocycles. The number of carbonyl (C=O) groups excluding carboxylic acids is 1. The van der Waals surface area contributed by atoms with Crippen molar-refractivity contribution in [3.05, 3.63) is 53.9 Å². The largest absolute Gasteiger partial charge is 0.397 e. The van der Waals surface area contributed by atoms with E-state index in [1.54, 1.807) is 18.3 Å². The number of aryl methyl sites for hydroxylation is 1. The summed E-state index contributed by atoms with van der Waals surface area (Å²) in [6.07, 6.45) is 1.54. The zero-order valence-corrected chi connectivity index (χ0v) is 9.47. The number of anilines is 2. The summed E-state index contributed by atoms with van der Waals surface area (Å²) in [6, 6.07) is 10.9. The van der Waals surface area contributed by atoms with E-state index in [0.717, 1.165) is 11.3 Å². The van der Waals surface area contributed by atoms with E-state index < -0.39 is 0 Å². The highest BCUT2D eigenvalue weighted by Gasteiger charge is 2.10. The Morgan fingerprint density at radius 2 is 2.12 bits per heavy atom. The van der Waals surface area contributed by atoms with E-state index in [2.05, 4.69) is 10.3 Å². The molecule has 0 radical (unpaired) electrons. The van der Waals surface area contributed by atoms with E-state index >= 15 is 0 Å². The molecule has 4 nitrogen and oxygen atoms in total. The van der Waals surface area contributed by atoms with Crippen LogP contribution in [0.2, 0.25) is 0 Å². The average molecular weight is 227 g/mol. The Morgan fingerprint density at radius 1 is 1.29 bits per heavy atom. The first-order chi connectivity index (χ1) is 8.16. The maximum atomic E-state index is 11.9. The molecule has 0 saturated heterocycles. The monoisotopic (exact) mass is 227 g/mol. The lowest BCUT2D eigenvalue weighted by Crippen LogP contribution is -2.15. The van der Waals surface area contributed by atoms with Crippen LogP contribution >= 0.6 is 0 Å². The number of nitrogens with one attached hydrogen (secondary N) is 1. The smallest absolute Gasteiger partial charge is 0.276 e. The third-order valence-electron chi connectivity index (χ3n) is 2.33. The molecule has 1 aromatic heterocycles. The Hall–Kier alpha value is -2.36. The Labute approximate surface area is 99.5 Å². The maximum absolute atomic E-state index is 11.9. The summed E-state index contributed by atoms with van der Waals surface area (Å²) in [7, 11) is 0. The number of nitrogens with zero attached hydrogens (tertiary/aromatic N) is 1. The van der Waals surface area contributed by atoms with Gasteiger partial charge < -0.3 is 11.1 Å². The number of rotatable bonds is 2. The summed E-state index contributed by atoms with van der Waals surface area (Å²) in [5.41, 5.74) is 8.12. The van der Waals surface area contributed by atoms with Gasteiger partial charge in [-0.05, 0) is 36.8 Å². The number of nitrogen functional groups attached to an aromatic ring is 1. The normalized spacial score (nSPS) is 9.94. The Morgan fingerprint density at radius 3 is 2.82 bits per heavy atom. The van der Waals surface area contributed by atoms with Gasteiger partial charge in [0.25, 0.3) is 5.91 Å². The van der Waals surface area contributed by atoms with Gasteiger partial charge in [-0.15, -0.1) is 0 Å². The van der Waals surface area contributed by atoms with Gasteiger partial charge in [0, 0.05) is 11.9 Å². The molecule has 2 rings (SSSR count). The first kappa shape index (κ1) is 11.1. The molecular weight excluding hydrogens is 214 g/mol. The van der Waals surface area contributed by atoms with Gasteiger partial charge in [0.2, 0.25) is 0 Å². The van der Waals surface area contributed by atoms with Crippen LogP contribution in [-0.4, -0.2) is 10.9 Å². The Bertz CT molecular complexity index is 552. The molecule has 0 atom stereocenters. The molecule has 1 heterocycles. The predicted molar refractivity (Wildman–Crippen MR) is 67.8 cm³/mol. The van der Waals surface area contributed by atoms with Crippen LogP contribution in [0.1, 0.15) is 16.1 Å². The molecule has 17 heavy (non-hydrogen) atoms. The molecule has 4 heteroatoms. The van der Waals surface area contributed by atoms with Gasteiger partial charge in [-0.3, -0.25) is 4.79 Å². The minimum Gasteiger partial charge on any atom is -0.397 e. The molecule has 0 saturated carbocycles. The summed E-state index contributed by atoms with van der Waals surface area (Å²) >= 11 is 0. The Balaban J connectivity index is 2.20. The number of hydrogen-bond donors (Lipinski definition) is 2. The van der Waals surface area contributed by atoms with Gasteiger partial charge in [0.15, 0.2) is 5.69 Å². The fourth-order valence-corrected chi connectivity index (χ4v) is 1.52. The fourth-order valence-electron chi connectivity index (χ4n) is 1.52. The van der Waals surface area contributed by atoms with Gasteiger partial charge in [-0.25, -0.2) is 4.98 Å². The molecule has 1 amide bonds. The number of amides is 1. The summed E-state index contributed by atoms with van der Waals surface area (Å²) in [4.78, 5) is 15.9. The van der Waals surface area contributed by atoms with E-state index in [1.165, 1.54) is 0 Å². The number of pyridine rings is 1. The van der Waals surface area contributed by atoms with Crippen molar-refractivity contribution in [1.29, 1.82) is 0 Å². The van der Waals surface area contributed by atoms with Crippen molar-refractivity contribution >= 4 is 17.3 Å². The average Bonchev–Trinajstić information content (AvgIpc) is 2.29. The van der Waals surface area contributed by atoms with E-state index in [4.69, 9.17) is 5.73 Å². The maximum Gasteiger partial charge on any atom is 0.276 e. The standard InChI is InChI=1S/C13H13N3O/c1-9-4-2-5-10(8-9)16-13(17)12-11(14)6-3-7-15-12/h2-8H,14H2,1H3,(H,16,17). The van der Waals surface area contributed by atoms with Gasteiger partial charge in [0.1, 0.15) is 0 Å². The van der Waals surface area contributed by atoms with Crippen molar-refractivity contribution in [2.24, 2.45) is 0 Å². The summed E-state index contributed by atoms with van der Waals surface area (Å²) in [6.45, 7) is 1.96. The zero-order chi connectivity index (χ0) is 12.3. The van der Waals surface area contributed by atoms with E-state index in [0.29, 0.717) is 5.69 Å². The van der Waals surface area contributed by atoms with Crippen LogP contribution in [0.15, 0.2) is 42.6 Å². The minimum atomic E-state index is -0.297. The number of hydrogen-bond acceptors (Lipinski definition) is 3. The number of aromatic nitrogens is 1. The summed E-state index contributed by atoms with van der Waals surface area (Å²) in [5.74, 6) is -0.297. The first-order valence-electron chi connectivity index (χ1n) is 5.25. The summed E-state index contributed by atoms with van der Waals surface area (Å²) < 4.78 is 0. The van der Waals surface area contributed by atoms with Gasteiger partial charge in [-0.1, -0.05) is 12.1 Å². The van der Waals surface area contributed by atoms with E-state index in [1.807, 2.05) is 31.2 Å². The van der Waals surface area contributed by atoms with Crippen molar-refractivity contribution in [2.45, 2.75) is 6.92 Å². The topological polar surface area (TPSA) is 68.0 Å². The molecule has 86 valence electrons. The zero-order valence-electron chi connectivity index (χ0n) is 9.47. The van der Waals surface area contributed by atoms with Crippen molar-refractivity contribution < 1.29 is 4.79 Å². The molecule has 0 bridgehead atoms. The molecule has 3 N–H and O–H groups in total. The lowest BCUT2D eigenvalue weighted by molar-refractivity contribution is 0.102. The second-order valence-electron chi connectivity index (χ2n) is 3.76. The lowest BCUT2D eigenvalue weighted by atomic mass is 10.2. The van der Waals surface area contributed by atoms with Crippen molar-refractivity contribution in [3.8, 4) is 0 Å². The molecule has 0 spiro atoms. The molecule has 0 unspecified atom stereocenters. The second-order valence-corrected chi connectivity index (χ2v) is 3.76. The van der Waals surface area contributed by atoms with Crippen LogP contribution in [0.5, 0.6) is 0 Å². The highest BCUT2D eigenvalue weighted by Crippen LogP contribution is 2.13. The molecule has 2 aromatic rings. The number of nitrogens with two attached hydrogens (primary N) is 1. The third kappa shape index (κ3) is 2.60. The quantitative estimate of drug-likeness (QED) is 0.826. The SMILES string of the molecule is Cc1cccc(NC(=O)c2ncccc2N)c1. The van der Waals surface area contributed by atoms with Gasteiger partial charge in [0.05, 0.1) is 5.69 Å². The highest BCUT2D eigenvalue weighted by molar-refractivity contribution is 6.06. The van der Waals surface area contributed by atoms with Crippen LogP contribution in [0.4, 0.5) is 11.4 Å². The summed E-state index contributed by atoms with van der Waals surface area (Å²) in [5, 5.41) is 2.76. The van der Waals surface area contributed by atoms with Crippen molar-refractivity contribution in [3.63, 3.8) is 0 Å². The van der Waals surface area contributed by atoms with E-state index in [-0.39, 0.29) is 11.6 Å². The van der Waals surface area contributed by atoms with Crippen LogP contribution in [0.3, 0.4) is 0 Å². The fraction of sp³-hybridized carbons (Fsp3) is 0.0769. The molecule has 0 aliphatic rings. The highest BCUT2D eigenvalue weighted by atomic mass is 16.1. The number of benzene rings is 1. The third-order valence-corrected chi connectivity index (χ3v) is 2.33. The minimum absolute atomic E-state index is 0.244. The lowest BCUT2D eigenvalue weighted by Gasteiger charge is -2.06. The van der Waals surface area contributed by atoms with Gasteiger partial charge in [-0.2, -0.15) is 0 Å².